The molecule has 2 unspecified atom stereocenters. The molecule has 0 amide bonds. The highest BCUT2D eigenvalue weighted by Gasteiger charge is 2.41. The highest BCUT2D eigenvalue weighted by Crippen LogP contribution is 2.41. The van der Waals surface area contributed by atoms with E-state index in [-0.39, 0.29) is 5.60 Å². The molecule has 1 spiro atoms. The minimum absolute atomic E-state index is 0.0445. The number of hydrogen-bond acceptors (Lipinski definition) is 4. The summed E-state index contributed by atoms with van der Waals surface area (Å²) in [5.74, 6) is 1.61. The van der Waals surface area contributed by atoms with Crippen molar-refractivity contribution in [3.8, 4) is 0 Å². The van der Waals surface area contributed by atoms with Crippen LogP contribution in [0, 0.1) is 5.92 Å². The first kappa shape index (κ1) is 13.1. The van der Waals surface area contributed by atoms with Gasteiger partial charge in [0.05, 0.1) is 11.6 Å². The number of H-pyrrole nitrogens is 1. The van der Waals surface area contributed by atoms with Crippen molar-refractivity contribution in [3.63, 3.8) is 0 Å². The number of hydrogen-bond donors (Lipinski definition) is 2. The summed E-state index contributed by atoms with van der Waals surface area (Å²) in [6, 6.07) is 0.290. The van der Waals surface area contributed by atoms with Gasteiger partial charge in [0.1, 0.15) is 5.82 Å². The third-order valence-electron chi connectivity index (χ3n) is 4.53. The average molecular weight is 265 g/mol. The molecular formula is C14H23N3O2. The summed E-state index contributed by atoms with van der Waals surface area (Å²) in [6.07, 6.45) is 7.96. The van der Waals surface area contributed by atoms with Gasteiger partial charge in [0.15, 0.2) is 0 Å². The molecule has 5 nitrogen and oxygen atoms in total. The van der Waals surface area contributed by atoms with Crippen LogP contribution in [0.4, 0.5) is 0 Å². The molecule has 3 rings (SSSR count). The molecule has 5 heteroatoms. The van der Waals surface area contributed by atoms with Crippen molar-refractivity contribution in [3.05, 3.63) is 18.2 Å². The molecule has 2 N–H and O–H groups in total. The molecule has 2 fully saturated rings. The molecular weight excluding hydrogens is 242 g/mol. The molecule has 2 saturated heterocycles. The second-order valence-electron chi connectivity index (χ2n) is 5.64. The van der Waals surface area contributed by atoms with Crippen molar-refractivity contribution in [2.75, 3.05) is 26.9 Å². The normalized spacial score (nSPS) is 28.4. The second kappa shape index (κ2) is 5.61. The van der Waals surface area contributed by atoms with Gasteiger partial charge in [-0.15, -0.1) is 0 Å². The summed E-state index contributed by atoms with van der Waals surface area (Å²) in [5, 5.41) is 3.42. The lowest BCUT2D eigenvalue weighted by molar-refractivity contribution is -0.150. The quantitative estimate of drug-likeness (QED) is 0.872. The van der Waals surface area contributed by atoms with Crippen LogP contribution in [0.2, 0.25) is 0 Å². The van der Waals surface area contributed by atoms with Crippen molar-refractivity contribution in [1.29, 1.82) is 0 Å². The summed E-state index contributed by atoms with van der Waals surface area (Å²) in [4.78, 5) is 7.65. The van der Waals surface area contributed by atoms with E-state index in [2.05, 4.69) is 15.3 Å². The van der Waals surface area contributed by atoms with E-state index in [1.807, 2.05) is 19.4 Å². The Morgan fingerprint density at radius 2 is 2.26 bits per heavy atom. The Kier molecular flexibility index (Phi) is 3.86. The van der Waals surface area contributed by atoms with Crippen LogP contribution in [0.25, 0.3) is 0 Å². The molecule has 1 aromatic heterocycles. The highest BCUT2D eigenvalue weighted by molar-refractivity contribution is 5.01. The molecule has 2 aliphatic rings. The zero-order valence-electron chi connectivity index (χ0n) is 11.5. The van der Waals surface area contributed by atoms with E-state index in [4.69, 9.17) is 9.47 Å². The largest absolute Gasteiger partial charge is 0.381 e. The van der Waals surface area contributed by atoms with Gasteiger partial charge in [-0.2, -0.15) is 0 Å². The van der Waals surface area contributed by atoms with Gasteiger partial charge < -0.3 is 19.8 Å². The standard InChI is InChI=1S/C14H23N3O2/c1-15-12(13-16-5-6-17-13)11-2-7-19-14(10-11)3-8-18-9-4-14/h5-6,11-12,15H,2-4,7-10H2,1H3,(H,16,17). The molecule has 0 bridgehead atoms. The monoisotopic (exact) mass is 265 g/mol. The Balaban J connectivity index is 1.73. The summed E-state index contributed by atoms with van der Waals surface area (Å²) in [7, 11) is 2.01. The van der Waals surface area contributed by atoms with Gasteiger partial charge in [0, 0.05) is 32.2 Å². The van der Waals surface area contributed by atoms with Gasteiger partial charge in [-0.3, -0.25) is 0 Å². The fourth-order valence-corrected chi connectivity index (χ4v) is 3.49. The number of nitrogens with one attached hydrogen (secondary N) is 2. The minimum atomic E-state index is 0.0445. The number of ether oxygens (including phenoxy) is 2. The van der Waals surface area contributed by atoms with Gasteiger partial charge in [-0.1, -0.05) is 0 Å². The molecule has 0 radical (unpaired) electrons. The van der Waals surface area contributed by atoms with Crippen LogP contribution in [-0.4, -0.2) is 42.4 Å². The SMILES string of the molecule is CNC(c1ncc[nH]1)C1CCOC2(CCOCC2)C1. The first-order chi connectivity index (χ1) is 9.33. The predicted octanol–water partition coefficient (Wildman–Crippen LogP) is 1.65. The van der Waals surface area contributed by atoms with E-state index in [9.17, 15) is 0 Å². The lowest BCUT2D eigenvalue weighted by Crippen LogP contribution is -2.46. The Bertz CT molecular complexity index is 382. The number of aromatic nitrogens is 2. The first-order valence-corrected chi connectivity index (χ1v) is 7.21. The topological polar surface area (TPSA) is 59.2 Å². The molecule has 0 aliphatic carbocycles. The van der Waals surface area contributed by atoms with Crippen LogP contribution < -0.4 is 5.32 Å². The molecule has 19 heavy (non-hydrogen) atoms. The van der Waals surface area contributed by atoms with Crippen LogP contribution in [0.1, 0.15) is 37.5 Å². The molecule has 106 valence electrons. The molecule has 3 heterocycles. The zero-order valence-corrected chi connectivity index (χ0v) is 11.5. The van der Waals surface area contributed by atoms with Crippen molar-refractivity contribution < 1.29 is 9.47 Å². The van der Waals surface area contributed by atoms with E-state index in [0.717, 1.165) is 51.3 Å². The van der Waals surface area contributed by atoms with Crippen LogP contribution in [0.3, 0.4) is 0 Å². The highest BCUT2D eigenvalue weighted by atomic mass is 16.5. The Morgan fingerprint density at radius 3 is 2.95 bits per heavy atom. The van der Waals surface area contributed by atoms with Crippen LogP contribution in [-0.2, 0) is 9.47 Å². The third kappa shape index (κ3) is 2.68. The number of imidazole rings is 1. The molecule has 0 aromatic carbocycles. The van der Waals surface area contributed by atoms with E-state index in [1.54, 1.807) is 0 Å². The van der Waals surface area contributed by atoms with Gasteiger partial charge in [-0.05, 0) is 38.6 Å². The maximum Gasteiger partial charge on any atom is 0.123 e. The summed E-state index contributed by atoms with van der Waals surface area (Å²) in [6.45, 7) is 2.51. The Hall–Kier alpha value is -0.910. The van der Waals surface area contributed by atoms with E-state index < -0.39 is 0 Å². The van der Waals surface area contributed by atoms with Gasteiger partial charge in [0.25, 0.3) is 0 Å². The Morgan fingerprint density at radius 1 is 1.42 bits per heavy atom. The van der Waals surface area contributed by atoms with Crippen molar-refractivity contribution in [2.24, 2.45) is 5.92 Å². The predicted molar refractivity (Wildman–Crippen MR) is 71.8 cm³/mol. The van der Waals surface area contributed by atoms with E-state index in [1.165, 1.54) is 0 Å². The summed E-state index contributed by atoms with van der Waals surface area (Å²) in [5.41, 5.74) is 0.0445. The van der Waals surface area contributed by atoms with Gasteiger partial charge in [0.2, 0.25) is 0 Å². The maximum absolute atomic E-state index is 6.11. The van der Waals surface area contributed by atoms with Crippen molar-refractivity contribution in [2.45, 2.75) is 37.3 Å². The summed E-state index contributed by atoms with van der Waals surface area (Å²) < 4.78 is 11.6. The van der Waals surface area contributed by atoms with E-state index in [0.29, 0.717) is 12.0 Å². The zero-order chi connectivity index (χ0) is 13.1. The van der Waals surface area contributed by atoms with Gasteiger partial charge in [-0.25, -0.2) is 4.98 Å². The maximum atomic E-state index is 6.11. The molecule has 2 atom stereocenters. The minimum Gasteiger partial charge on any atom is -0.381 e. The number of nitrogens with zero attached hydrogens (tertiary/aromatic N) is 1. The van der Waals surface area contributed by atoms with Crippen LogP contribution >= 0.6 is 0 Å². The molecule has 0 saturated carbocycles. The van der Waals surface area contributed by atoms with Crippen molar-refractivity contribution in [1.82, 2.24) is 15.3 Å². The average Bonchev–Trinajstić information content (AvgIpc) is 2.95. The fraction of sp³-hybridized carbons (Fsp3) is 0.786. The number of rotatable bonds is 3. The smallest absolute Gasteiger partial charge is 0.123 e. The van der Waals surface area contributed by atoms with Crippen molar-refractivity contribution >= 4 is 0 Å². The first-order valence-electron chi connectivity index (χ1n) is 7.21. The summed E-state index contributed by atoms with van der Waals surface area (Å²) >= 11 is 0. The van der Waals surface area contributed by atoms with Crippen LogP contribution in [0.15, 0.2) is 12.4 Å². The van der Waals surface area contributed by atoms with Gasteiger partial charge >= 0.3 is 0 Å². The molecule has 1 aromatic rings. The Labute approximate surface area is 114 Å². The molecule has 2 aliphatic heterocycles. The number of aromatic amines is 1. The lowest BCUT2D eigenvalue weighted by Gasteiger charge is -2.45. The third-order valence-corrected chi connectivity index (χ3v) is 4.53. The second-order valence-corrected chi connectivity index (χ2v) is 5.64. The van der Waals surface area contributed by atoms with Crippen LogP contribution in [0.5, 0.6) is 0 Å². The fourth-order valence-electron chi connectivity index (χ4n) is 3.49. The van der Waals surface area contributed by atoms with E-state index >= 15 is 0 Å². The lowest BCUT2D eigenvalue weighted by atomic mass is 9.77.